The van der Waals surface area contributed by atoms with Crippen LogP contribution in [0.5, 0.6) is 0 Å². The smallest absolute Gasteiger partial charge is 0.227 e. The molecule has 0 bridgehead atoms. The van der Waals surface area contributed by atoms with E-state index in [-0.39, 0.29) is 11.8 Å². The van der Waals surface area contributed by atoms with E-state index in [4.69, 9.17) is 5.21 Å². The molecule has 1 aromatic rings. The maximum atomic E-state index is 12.3. The summed E-state index contributed by atoms with van der Waals surface area (Å²) >= 11 is 0. The van der Waals surface area contributed by atoms with Crippen molar-refractivity contribution >= 4 is 17.3 Å². The van der Waals surface area contributed by atoms with Crippen molar-refractivity contribution in [1.82, 2.24) is 0 Å². The lowest BCUT2D eigenvalue weighted by Gasteiger charge is -2.15. The topological polar surface area (TPSA) is 61.7 Å². The first-order valence-electron chi connectivity index (χ1n) is 7.22. The third-order valence-corrected chi connectivity index (χ3v) is 3.34. The normalized spacial score (nSPS) is 11.7. The molecule has 1 aromatic carbocycles. The summed E-state index contributed by atoms with van der Waals surface area (Å²) in [6.07, 6.45) is 3.84. The summed E-state index contributed by atoms with van der Waals surface area (Å²) in [5, 5.41) is 14.9. The number of nitrogens with zero attached hydrogens (tertiary/aromatic N) is 1. The molecule has 0 unspecified atom stereocenters. The van der Waals surface area contributed by atoms with E-state index < -0.39 is 0 Å². The molecule has 4 nitrogen and oxygen atoms in total. The van der Waals surface area contributed by atoms with E-state index in [1.807, 2.05) is 24.3 Å². The minimum atomic E-state index is 0.0706. The van der Waals surface area contributed by atoms with E-state index in [0.29, 0.717) is 5.71 Å². The monoisotopic (exact) mass is 276 g/mol. The van der Waals surface area contributed by atoms with E-state index in [2.05, 4.69) is 24.3 Å². The summed E-state index contributed by atoms with van der Waals surface area (Å²) in [5.41, 5.74) is 2.07. The van der Waals surface area contributed by atoms with Gasteiger partial charge in [0.2, 0.25) is 5.91 Å². The van der Waals surface area contributed by atoms with Crippen LogP contribution >= 0.6 is 0 Å². The molecule has 1 rings (SSSR count). The van der Waals surface area contributed by atoms with Crippen LogP contribution < -0.4 is 5.32 Å². The third kappa shape index (κ3) is 4.68. The Labute approximate surface area is 120 Å². The molecule has 0 aliphatic carbocycles. The van der Waals surface area contributed by atoms with Gasteiger partial charge in [0.05, 0.1) is 5.71 Å². The van der Waals surface area contributed by atoms with Crippen LogP contribution in [-0.2, 0) is 4.79 Å². The first-order valence-corrected chi connectivity index (χ1v) is 7.22. The fourth-order valence-electron chi connectivity index (χ4n) is 2.23. The van der Waals surface area contributed by atoms with Crippen LogP contribution in [0.2, 0.25) is 0 Å². The van der Waals surface area contributed by atoms with E-state index >= 15 is 0 Å². The number of anilines is 1. The minimum absolute atomic E-state index is 0.0706. The second-order valence-corrected chi connectivity index (χ2v) is 5.03. The van der Waals surface area contributed by atoms with Gasteiger partial charge in [-0.05, 0) is 31.9 Å². The second kappa shape index (κ2) is 8.35. The lowest BCUT2D eigenvalue weighted by molar-refractivity contribution is -0.120. The molecule has 0 aromatic heterocycles. The highest BCUT2D eigenvalue weighted by atomic mass is 16.4. The standard InChI is InChI=1S/C16H24N2O2/c1-4-7-13(8-5-2)16(19)17-15-10-6-9-14(11-15)12(3)18-20/h6,9-11,13,20H,4-5,7-8H2,1-3H3,(H,17,19)/b18-12+. The lowest BCUT2D eigenvalue weighted by Crippen LogP contribution is -2.22. The highest BCUT2D eigenvalue weighted by Crippen LogP contribution is 2.18. The van der Waals surface area contributed by atoms with Crippen molar-refractivity contribution in [3.05, 3.63) is 29.8 Å². The van der Waals surface area contributed by atoms with Crippen molar-refractivity contribution < 1.29 is 10.0 Å². The molecule has 0 aliphatic rings. The molecule has 0 saturated heterocycles. The minimum Gasteiger partial charge on any atom is -0.411 e. The van der Waals surface area contributed by atoms with Gasteiger partial charge in [0.1, 0.15) is 0 Å². The van der Waals surface area contributed by atoms with Gasteiger partial charge in [0.25, 0.3) is 0 Å². The highest BCUT2D eigenvalue weighted by molar-refractivity contribution is 6.00. The van der Waals surface area contributed by atoms with Gasteiger partial charge in [-0.25, -0.2) is 0 Å². The number of rotatable bonds is 7. The summed E-state index contributed by atoms with van der Waals surface area (Å²) < 4.78 is 0. The van der Waals surface area contributed by atoms with Gasteiger partial charge in [-0.15, -0.1) is 0 Å². The average Bonchev–Trinajstić information content (AvgIpc) is 2.46. The first kappa shape index (κ1) is 16.2. The van der Waals surface area contributed by atoms with Gasteiger partial charge in [0, 0.05) is 17.2 Å². The van der Waals surface area contributed by atoms with Crippen molar-refractivity contribution in [1.29, 1.82) is 0 Å². The molecular weight excluding hydrogens is 252 g/mol. The maximum Gasteiger partial charge on any atom is 0.227 e. The van der Waals surface area contributed by atoms with E-state index in [0.717, 1.165) is 36.9 Å². The zero-order valence-electron chi connectivity index (χ0n) is 12.5. The molecule has 0 fully saturated rings. The SMILES string of the molecule is CCCC(CCC)C(=O)Nc1cccc(/C(C)=N/O)c1. The molecular formula is C16H24N2O2. The quantitative estimate of drug-likeness (QED) is 0.448. The fraction of sp³-hybridized carbons (Fsp3) is 0.500. The van der Waals surface area contributed by atoms with Gasteiger partial charge in [-0.3, -0.25) is 4.79 Å². The molecule has 0 spiro atoms. The van der Waals surface area contributed by atoms with Crippen molar-refractivity contribution in [2.45, 2.75) is 46.5 Å². The number of oxime groups is 1. The summed E-state index contributed by atoms with van der Waals surface area (Å²) in [6.45, 7) is 5.91. The van der Waals surface area contributed by atoms with Gasteiger partial charge in [-0.1, -0.05) is 44.0 Å². The Morgan fingerprint density at radius 1 is 1.30 bits per heavy atom. The van der Waals surface area contributed by atoms with Crippen molar-refractivity contribution in [2.75, 3.05) is 5.32 Å². The first-order chi connectivity index (χ1) is 9.62. The Morgan fingerprint density at radius 3 is 2.50 bits per heavy atom. The predicted octanol–water partition coefficient (Wildman–Crippen LogP) is 4.04. The number of hydrogen-bond acceptors (Lipinski definition) is 3. The van der Waals surface area contributed by atoms with Crippen LogP contribution in [0.3, 0.4) is 0 Å². The largest absolute Gasteiger partial charge is 0.411 e. The number of hydrogen-bond donors (Lipinski definition) is 2. The van der Waals surface area contributed by atoms with Crippen molar-refractivity contribution in [2.24, 2.45) is 11.1 Å². The van der Waals surface area contributed by atoms with Crippen LogP contribution in [0, 0.1) is 5.92 Å². The number of carbonyl (C=O) groups is 1. The Balaban J connectivity index is 2.79. The molecule has 20 heavy (non-hydrogen) atoms. The molecule has 0 heterocycles. The van der Waals surface area contributed by atoms with Crippen LogP contribution in [0.1, 0.15) is 52.0 Å². The van der Waals surface area contributed by atoms with Gasteiger partial charge in [-0.2, -0.15) is 0 Å². The molecule has 0 atom stereocenters. The summed E-state index contributed by atoms with van der Waals surface area (Å²) in [5.74, 6) is 0.144. The summed E-state index contributed by atoms with van der Waals surface area (Å²) in [6, 6.07) is 7.36. The van der Waals surface area contributed by atoms with E-state index in [1.54, 1.807) is 6.92 Å². The number of carbonyl (C=O) groups excluding carboxylic acids is 1. The Kier molecular flexibility index (Phi) is 6.77. The third-order valence-electron chi connectivity index (χ3n) is 3.34. The highest BCUT2D eigenvalue weighted by Gasteiger charge is 2.16. The van der Waals surface area contributed by atoms with Crippen LogP contribution in [0.25, 0.3) is 0 Å². The molecule has 0 aliphatic heterocycles. The Hall–Kier alpha value is -1.84. The van der Waals surface area contributed by atoms with Gasteiger partial charge in [0.15, 0.2) is 0 Å². The van der Waals surface area contributed by atoms with E-state index in [1.165, 1.54) is 0 Å². The second-order valence-electron chi connectivity index (χ2n) is 5.03. The molecule has 1 amide bonds. The molecule has 2 N–H and O–H groups in total. The predicted molar refractivity (Wildman–Crippen MR) is 82.4 cm³/mol. The van der Waals surface area contributed by atoms with Crippen LogP contribution in [0.15, 0.2) is 29.4 Å². The molecule has 110 valence electrons. The fourth-order valence-corrected chi connectivity index (χ4v) is 2.23. The maximum absolute atomic E-state index is 12.3. The Bertz CT molecular complexity index is 463. The summed E-state index contributed by atoms with van der Waals surface area (Å²) in [4.78, 5) is 12.3. The van der Waals surface area contributed by atoms with Gasteiger partial charge >= 0.3 is 0 Å². The van der Waals surface area contributed by atoms with E-state index in [9.17, 15) is 4.79 Å². The van der Waals surface area contributed by atoms with Crippen molar-refractivity contribution in [3.63, 3.8) is 0 Å². The Morgan fingerprint density at radius 2 is 1.95 bits per heavy atom. The van der Waals surface area contributed by atoms with Crippen molar-refractivity contribution in [3.8, 4) is 0 Å². The number of amides is 1. The molecule has 4 heteroatoms. The number of benzene rings is 1. The zero-order valence-corrected chi connectivity index (χ0v) is 12.5. The summed E-state index contributed by atoms with van der Waals surface area (Å²) in [7, 11) is 0. The van der Waals surface area contributed by atoms with Crippen LogP contribution in [0.4, 0.5) is 5.69 Å². The zero-order chi connectivity index (χ0) is 15.0. The number of nitrogens with one attached hydrogen (secondary N) is 1. The average molecular weight is 276 g/mol. The lowest BCUT2D eigenvalue weighted by atomic mass is 9.97. The van der Waals surface area contributed by atoms with Crippen LogP contribution in [-0.4, -0.2) is 16.8 Å². The molecule has 0 saturated carbocycles. The molecule has 0 radical (unpaired) electrons. The van der Waals surface area contributed by atoms with Gasteiger partial charge < -0.3 is 10.5 Å².